The molecule has 0 unspecified atom stereocenters. The highest BCUT2D eigenvalue weighted by Gasteiger charge is 1.91. The molecule has 0 fully saturated rings. The third kappa shape index (κ3) is 5.66. The van der Waals surface area contributed by atoms with Crippen LogP contribution in [0.4, 0.5) is 0 Å². The molecule has 0 N–H and O–H groups in total. The molecule has 0 aliphatic heterocycles. The number of hydrogen-bond donors (Lipinski definition) is 1. The van der Waals surface area contributed by atoms with Crippen LogP contribution in [0.25, 0.3) is 0 Å². The first-order valence-electron chi connectivity index (χ1n) is 1.32. The van der Waals surface area contributed by atoms with Crippen molar-refractivity contribution in [2.45, 2.75) is 3.74 Å². The monoisotopic (exact) mass is 250 g/mol. The molecule has 0 aromatic rings. The Kier molecular flexibility index (Phi) is 6.14. The van der Waals surface area contributed by atoms with E-state index in [1.165, 1.54) is 10.8 Å². The number of alkyl halides is 2. The first kappa shape index (κ1) is 7.66. The van der Waals surface area contributed by atoms with E-state index in [-0.39, 0.29) is 0 Å². The maximum Gasteiger partial charge on any atom is 0.0796 e. The fraction of sp³-hybridized carbons (Fsp3) is 1.00. The summed E-state index contributed by atoms with van der Waals surface area (Å²) in [5.41, 5.74) is 0. The average molecular weight is 252 g/mol. The standard InChI is InChI=1S/C2H4Br2S2/c3-2(4)1-6-5/h2,5H,1H2. The van der Waals surface area contributed by atoms with Gasteiger partial charge in [-0.25, -0.2) is 0 Å². The summed E-state index contributed by atoms with van der Waals surface area (Å²) in [5.74, 6) is 0.989. The van der Waals surface area contributed by atoms with Crippen molar-refractivity contribution in [1.29, 1.82) is 0 Å². The van der Waals surface area contributed by atoms with Gasteiger partial charge in [0.2, 0.25) is 0 Å². The van der Waals surface area contributed by atoms with Crippen molar-refractivity contribution in [2.75, 3.05) is 5.75 Å². The van der Waals surface area contributed by atoms with E-state index in [2.05, 4.69) is 43.5 Å². The van der Waals surface area contributed by atoms with E-state index in [4.69, 9.17) is 0 Å². The Balaban J connectivity index is 2.63. The van der Waals surface area contributed by atoms with Crippen LogP contribution in [-0.4, -0.2) is 9.49 Å². The molecule has 38 valence electrons. The Morgan fingerprint density at radius 1 is 1.67 bits per heavy atom. The van der Waals surface area contributed by atoms with Crippen LogP contribution in [0.1, 0.15) is 0 Å². The summed E-state index contributed by atoms with van der Waals surface area (Å²) in [6.07, 6.45) is 0. The van der Waals surface area contributed by atoms with Crippen molar-refractivity contribution < 1.29 is 0 Å². The van der Waals surface area contributed by atoms with Crippen LogP contribution >= 0.6 is 54.3 Å². The third-order valence-corrected chi connectivity index (χ3v) is 2.63. The lowest BCUT2D eigenvalue weighted by molar-refractivity contribution is 1.52. The molecule has 0 aromatic heterocycles. The number of rotatable bonds is 2. The summed E-state index contributed by atoms with van der Waals surface area (Å²) in [7, 11) is 1.51. The number of halogens is 2. The summed E-state index contributed by atoms with van der Waals surface area (Å²) in [4.78, 5) is 0. The van der Waals surface area contributed by atoms with Gasteiger partial charge in [-0.05, 0) is 0 Å². The lowest BCUT2D eigenvalue weighted by atomic mass is 11.0. The lowest BCUT2D eigenvalue weighted by Gasteiger charge is -1.90. The first-order chi connectivity index (χ1) is 2.77. The second-order valence-corrected chi connectivity index (χ2v) is 5.49. The second kappa shape index (κ2) is 4.81. The minimum Gasteiger partial charge on any atom is -0.111 e. The quantitative estimate of drug-likeness (QED) is 0.448. The van der Waals surface area contributed by atoms with Crippen LogP contribution in [0.15, 0.2) is 0 Å². The zero-order valence-electron chi connectivity index (χ0n) is 2.90. The highest BCUT2D eigenvalue weighted by molar-refractivity contribution is 9.24. The van der Waals surface area contributed by atoms with E-state index in [1.807, 2.05) is 0 Å². The van der Waals surface area contributed by atoms with Gasteiger partial charge in [0.25, 0.3) is 0 Å². The van der Waals surface area contributed by atoms with Crippen LogP contribution in [0.2, 0.25) is 0 Å². The average Bonchev–Trinajstić information content (AvgIpc) is 1.35. The molecule has 0 radical (unpaired) electrons. The lowest BCUT2D eigenvalue weighted by Crippen LogP contribution is -1.83. The molecule has 0 bridgehead atoms. The zero-order valence-corrected chi connectivity index (χ0v) is 7.78. The SMILES string of the molecule is SSCC(Br)Br. The van der Waals surface area contributed by atoms with Crippen molar-refractivity contribution in [3.8, 4) is 0 Å². The van der Waals surface area contributed by atoms with E-state index in [1.54, 1.807) is 0 Å². The summed E-state index contributed by atoms with van der Waals surface area (Å²) >= 11 is 10.5. The largest absolute Gasteiger partial charge is 0.111 e. The molecule has 0 rings (SSSR count). The summed E-state index contributed by atoms with van der Waals surface area (Å²) in [5, 5.41) is 0. The highest BCUT2D eigenvalue weighted by Crippen LogP contribution is 2.16. The topological polar surface area (TPSA) is 0 Å². The molecule has 0 saturated carbocycles. The molecular formula is C2H4Br2S2. The van der Waals surface area contributed by atoms with Crippen LogP contribution in [0.5, 0.6) is 0 Å². The van der Waals surface area contributed by atoms with E-state index in [9.17, 15) is 0 Å². The van der Waals surface area contributed by atoms with E-state index in [0.29, 0.717) is 3.74 Å². The normalized spacial score (nSPS) is 10.0. The molecule has 4 heteroatoms. The van der Waals surface area contributed by atoms with Gasteiger partial charge in [0.15, 0.2) is 0 Å². The predicted octanol–water partition coefficient (Wildman–Crippen LogP) is 2.68. The molecular weight excluding hydrogens is 248 g/mol. The Morgan fingerprint density at radius 3 is 2.17 bits per heavy atom. The van der Waals surface area contributed by atoms with Crippen LogP contribution in [0, 0.1) is 0 Å². The zero-order chi connectivity index (χ0) is 4.99. The van der Waals surface area contributed by atoms with Crippen molar-refractivity contribution >= 4 is 54.3 Å². The maximum absolute atomic E-state index is 3.92. The van der Waals surface area contributed by atoms with Crippen molar-refractivity contribution in [3.05, 3.63) is 0 Å². The van der Waals surface area contributed by atoms with Crippen LogP contribution < -0.4 is 0 Å². The van der Waals surface area contributed by atoms with E-state index in [0.717, 1.165) is 5.75 Å². The molecule has 0 nitrogen and oxygen atoms in total. The van der Waals surface area contributed by atoms with Gasteiger partial charge >= 0.3 is 0 Å². The van der Waals surface area contributed by atoms with E-state index < -0.39 is 0 Å². The second-order valence-electron chi connectivity index (χ2n) is 0.687. The van der Waals surface area contributed by atoms with Gasteiger partial charge in [0.1, 0.15) is 0 Å². The molecule has 0 saturated heterocycles. The van der Waals surface area contributed by atoms with Crippen molar-refractivity contribution in [3.63, 3.8) is 0 Å². The molecule has 0 heterocycles. The third-order valence-electron chi connectivity index (χ3n) is 0.201. The van der Waals surface area contributed by atoms with Gasteiger partial charge in [0.05, 0.1) is 3.74 Å². The highest BCUT2D eigenvalue weighted by atomic mass is 79.9. The van der Waals surface area contributed by atoms with E-state index >= 15 is 0 Å². The van der Waals surface area contributed by atoms with Crippen molar-refractivity contribution in [2.24, 2.45) is 0 Å². The van der Waals surface area contributed by atoms with Gasteiger partial charge in [-0.3, -0.25) is 0 Å². The smallest absolute Gasteiger partial charge is 0.0796 e. The molecule has 0 amide bonds. The first-order valence-corrected chi connectivity index (χ1v) is 5.19. The van der Waals surface area contributed by atoms with Crippen LogP contribution in [-0.2, 0) is 0 Å². The number of thiol groups is 1. The molecule has 0 aliphatic rings. The molecule has 0 aliphatic carbocycles. The Morgan fingerprint density at radius 2 is 2.17 bits per heavy atom. The van der Waals surface area contributed by atoms with Crippen LogP contribution in [0.3, 0.4) is 0 Å². The fourth-order valence-electron chi connectivity index (χ4n) is 0.0563. The van der Waals surface area contributed by atoms with Gasteiger partial charge in [-0.2, -0.15) is 0 Å². The summed E-state index contributed by atoms with van der Waals surface area (Å²) in [6, 6.07) is 0. The van der Waals surface area contributed by atoms with Gasteiger partial charge in [0, 0.05) is 5.75 Å². The maximum atomic E-state index is 3.92. The molecule has 0 aromatic carbocycles. The molecule has 0 atom stereocenters. The van der Waals surface area contributed by atoms with Gasteiger partial charge in [-0.1, -0.05) is 42.7 Å². The Bertz CT molecular complexity index is 30.7. The predicted molar refractivity (Wildman–Crippen MR) is 43.1 cm³/mol. The fourth-order valence-corrected chi connectivity index (χ4v) is 2.63. The summed E-state index contributed by atoms with van der Waals surface area (Å²) in [6.45, 7) is 0. The summed E-state index contributed by atoms with van der Waals surface area (Å²) < 4.78 is 0.410. The van der Waals surface area contributed by atoms with Crippen molar-refractivity contribution in [1.82, 2.24) is 0 Å². The minimum atomic E-state index is 0.410. The number of hydrogen-bond acceptors (Lipinski definition) is 2. The minimum absolute atomic E-state index is 0.410. The Hall–Kier alpha value is 1.66. The van der Waals surface area contributed by atoms with Gasteiger partial charge < -0.3 is 0 Å². The van der Waals surface area contributed by atoms with Gasteiger partial charge in [-0.15, -0.1) is 11.7 Å². The molecule has 6 heavy (non-hydrogen) atoms. The molecule has 0 spiro atoms. The Labute approximate surface area is 63.5 Å².